The zero-order chi connectivity index (χ0) is 11.5. The van der Waals surface area contributed by atoms with Gasteiger partial charge in [-0.3, -0.25) is 20.5 Å². The minimum atomic E-state index is -0.370. The molecule has 1 aromatic rings. The molecular formula is C8H12N6O. The van der Waals surface area contributed by atoms with Crippen LogP contribution in [0.5, 0.6) is 0 Å². The number of aliphatic imine (C=N–C) groups is 1. The monoisotopic (exact) mass is 208 g/mol. The maximum absolute atomic E-state index is 9.59. The number of nitrogens with two attached hydrogens (primary N) is 2. The van der Waals surface area contributed by atoms with Crippen molar-refractivity contribution in [2.24, 2.45) is 16.5 Å². The lowest BCUT2D eigenvalue weighted by Crippen LogP contribution is -2.28. The maximum Gasteiger partial charge on any atom is 0.224 e. The van der Waals surface area contributed by atoms with E-state index in [-0.39, 0.29) is 11.9 Å². The van der Waals surface area contributed by atoms with Crippen LogP contribution >= 0.6 is 0 Å². The van der Waals surface area contributed by atoms with Gasteiger partial charge in [-0.05, 0) is 12.1 Å². The second-order valence-electron chi connectivity index (χ2n) is 2.17. The number of carbonyl (C=O) groups is 1. The zero-order valence-corrected chi connectivity index (χ0v) is 7.92. The van der Waals surface area contributed by atoms with Crippen LogP contribution in [-0.2, 0) is 4.79 Å². The maximum atomic E-state index is 9.59. The van der Waals surface area contributed by atoms with Gasteiger partial charge in [0, 0.05) is 12.4 Å². The van der Waals surface area contributed by atoms with Crippen LogP contribution in [0.3, 0.4) is 0 Å². The summed E-state index contributed by atoms with van der Waals surface area (Å²) >= 11 is 0. The Morgan fingerprint density at radius 1 is 1.33 bits per heavy atom. The van der Waals surface area contributed by atoms with E-state index in [0.717, 1.165) is 0 Å². The first-order valence-electron chi connectivity index (χ1n) is 3.90. The second kappa shape index (κ2) is 8.17. The Morgan fingerprint density at radius 3 is 2.20 bits per heavy atom. The molecule has 7 heteroatoms. The third kappa shape index (κ3) is 9.47. The fourth-order valence-electron chi connectivity index (χ4n) is 0.530. The Hall–Kier alpha value is -2.44. The van der Waals surface area contributed by atoms with Gasteiger partial charge in [0.2, 0.25) is 12.4 Å². The van der Waals surface area contributed by atoms with Gasteiger partial charge in [-0.25, -0.2) is 0 Å². The average Bonchev–Trinajstić information content (AvgIpc) is 2.20. The number of rotatable bonds is 1. The summed E-state index contributed by atoms with van der Waals surface area (Å²) in [7, 11) is 0. The topological polar surface area (TPSA) is 130 Å². The van der Waals surface area contributed by atoms with Crippen molar-refractivity contribution in [2.45, 2.75) is 0 Å². The van der Waals surface area contributed by atoms with Crippen molar-refractivity contribution in [1.82, 2.24) is 10.3 Å². The summed E-state index contributed by atoms with van der Waals surface area (Å²) in [5.41, 5.74) is 9.71. The molecule has 6 N–H and O–H groups in total. The number of aromatic nitrogens is 1. The number of carbonyl (C=O) groups excluding carboxylic acids is 1. The lowest BCUT2D eigenvalue weighted by Gasteiger charge is -1.91. The van der Waals surface area contributed by atoms with Crippen LogP contribution in [0.2, 0.25) is 0 Å². The molecule has 1 rings (SSSR count). The predicted molar refractivity (Wildman–Crippen MR) is 57.0 cm³/mol. The van der Waals surface area contributed by atoms with Crippen molar-refractivity contribution in [3.8, 4) is 0 Å². The molecule has 1 heterocycles. The molecule has 15 heavy (non-hydrogen) atoms. The minimum absolute atomic E-state index is 0.255. The molecule has 0 spiro atoms. The Balaban J connectivity index is 0.000000280. The van der Waals surface area contributed by atoms with Crippen molar-refractivity contribution >= 4 is 18.3 Å². The molecule has 0 aromatic carbocycles. The number of hydrogen-bond donors (Lipinski definition) is 4. The van der Waals surface area contributed by atoms with Crippen molar-refractivity contribution in [3.63, 3.8) is 0 Å². The van der Waals surface area contributed by atoms with E-state index in [0.29, 0.717) is 6.41 Å². The number of nitrogens with zero attached hydrogens (tertiary/aromatic N) is 2. The minimum Gasteiger partial charge on any atom is -0.370 e. The Morgan fingerprint density at radius 2 is 1.93 bits per heavy atom. The van der Waals surface area contributed by atoms with Crippen LogP contribution in [0.15, 0.2) is 35.6 Å². The molecule has 0 saturated heterocycles. The smallest absolute Gasteiger partial charge is 0.224 e. The number of hydrogen-bond acceptors (Lipinski definition) is 3. The summed E-state index contributed by atoms with van der Waals surface area (Å²) in [5, 5.41) is 8.66. The number of guanidine groups is 2. The molecule has 0 aliphatic heterocycles. The number of nitrogens with one attached hydrogen (secondary N) is 2. The normalized spacial score (nSPS) is 7.73. The highest BCUT2D eigenvalue weighted by Crippen LogP contribution is 1.73. The molecule has 0 atom stereocenters. The van der Waals surface area contributed by atoms with Gasteiger partial charge in [-0.2, -0.15) is 4.99 Å². The average molecular weight is 208 g/mol. The van der Waals surface area contributed by atoms with E-state index in [9.17, 15) is 4.79 Å². The molecule has 0 radical (unpaired) electrons. The third-order valence-corrected chi connectivity index (χ3v) is 1.00. The summed E-state index contributed by atoms with van der Waals surface area (Å²) in [6.45, 7) is 0. The van der Waals surface area contributed by atoms with Crippen LogP contribution < -0.4 is 16.8 Å². The number of pyridine rings is 1. The first kappa shape index (κ1) is 12.6. The Labute approximate surface area is 86.7 Å². The van der Waals surface area contributed by atoms with Gasteiger partial charge in [0.05, 0.1) is 0 Å². The highest BCUT2D eigenvalue weighted by molar-refractivity contribution is 5.95. The largest absolute Gasteiger partial charge is 0.370 e. The molecule has 0 unspecified atom stereocenters. The van der Waals surface area contributed by atoms with E-state index < -0.39 is 0 Å². The first-order chi connectivity index (χ1) is 7.16. The van der Waals surface area contributed by atoms with Crippen LogP contribution in [0, 0.1) is 5.41 Å². The lowest BCUT2D eigenvalue weighted by atomic mass is 10.5. The van der Waals surface area contributed by atoms with Crippen LogP contribution in [0.1, 0.15) is 0 Å². The Bertz CT molecular complexity index is 292. The van der Waals surface area contributed by atoms with Crippen LogP contribution in [0.4, 0.5) is 0 Å². The van der Waals surface area contributed by atoms with Crippen molar-refractivity contribution < 1.29 is 4.79 Å². The summed E-state index contributed by atoms with van der Waals surface area (Å²) in [6.07, 6.45) is 3.81. The SMILES string of the molecule is N=C(N=C(N)N)NC=O.c1ccncc1. The molecule has 0 saturated carbocycles. The third-order valence-electron chi connectivity index (χ3n) is 1.00. The number of amides is 1. The molecule has 0 aliphatic rings. The molecule has 7 nitrogen and oxygen atoms in total. The first-order valence-corrected chi connectivity index (χ1v) is 3.90. The van der Waals surface area contributed by atoms with Crippen molar-refractivity contribution in [3.05, 3.63) is 30.6 Å². The highest BCUT2D eigenvalue weighted by Gasteiger charge is 1.87. The van der Waals surface area contributed by atoms with Gasteiger partial charge < -0.3 is 11.5 Å². The van der Waals surface area contributed by atoms with Crippen LogP contribution in [0.25, 0.3) is 0 Å². The molecule has 1 amide bonds. The van der Waals surface area contributed by atoms with Gasteiger partial charge in [0.25, 0.3) is 0 Å². The summed E-state index contributed by atoms with van der Waals surface area (Å²) in [6, 6.07) is 5.72. The van der Waals surface area contributed by atoms with Crippen LogP contribution in [-0.4, -0.2) is 23.3 Å². The second-order valence-corrected chi connectivity index (χ2v) is 2.17. The van der Waals surface area contributed by atoms with Gasteiger partial charge in [0.1, 0.15) is 0 Å². The summed E-state index contributed by atoms with van der Waals surface area (Å²) in [5.74, 6) is -0.626. The van der Waals surface area contributed by atoms with E-state index >= 15 is 0 Å². The molecule has 0 aliphatic carbocycles. The van der Waals surface area contributed by atoms with Crippen molar-refractivity contribution in [1.29, 1.82) is 5.41 Å². The highest BCUT2D eigenvalue weighted by atomic mass is 16.1. The molecular weight excluding hydrogens is 196 g/mol. The summed E-state index contributed by atoms with van der Waals surface area (Å²) < 4.78 is 0. The van der Waals surface area contributed by atoms with E-state index in [1.54, 1.807) is 12.4 Å². The fourth-order valence-corrected chi connectivity index (χ4v) is 0.530. The zero-order valence-electron chi connectivity index (χ0n) is 7.92. The van der Waals surface area contributed by atoms with Gasteiger partial charge in [-0.15, -0.1) is 0 Å². The lowest BCUT2D eigenvalue weighted by molar-refractivity contribution is -0.108. The molecule has 0 fully saturated rings. The fraction of sp³-hybridized carbons (Fsp3) is 0. The van der Waals surface area contributed by atoms with E-state index in [1.807, 2.05) is 23.5 Å². The predicted octanol–water partition coefficient (Wildman–Crippen LogP) is -0.978. The molecule has 1 aromatic heterocycles. The molecule has 0 bridgehead atoms. The van der Waals surface area contributed by atoms with Crippen molar-refractivity contribution in [2.75, 3.05) is 0 Å². The molecule has 80 valence electrons. The van der Waals surface area contributed by atoms with Gasteiger partial charge >= 0.3 is 0 Å². The van der Waals surface area contributed by atoms with E-state index in [2.05, 4.69) is 9.98 Å². The standard InChI is InChI=1S/C5H5N.C3H7N5O/c1-2-4-6-5-3-1;4-2(5)8-3(6)7-1-9/h1-5H;1H,(H6,4,5,6,7,8,9). The summed E-state index contributed by atoms with van der Waals surface area (Å²) in [4.78, 5) is 16.6. The van der Waals surface area contributed by atoms with E-state index in [1.165, 1.54) is 0 Å². The quantitative estimate of drug-likeness (QED) is 0.268. The van der Waals surface area contributed by atoms with E-state index in [4.69, 9.17) is 16.9 Å². The Kier molecular flexibility index (Phi) is 6.84. The van der Waals surface area contributed by atoms with Gasteiger partial charge in [-0.1, -0.05) is 6.07 Å². The van der Waals surface area contributed by atoms with Gasteiger partial charge in [0.15, 0.2) is 5.96 Å².